The molecule has 5 nitrogen and oxygen atoms in total. The minimum atomic E-state index is -0.625. The maximum atomic E-state index is 12.0. The second-order valence-electron chi connectivity index (χ2n) is 3.49. The van der Waals surface area contributed by atoms with Crippen LogP contribution in [0.4, 0.5) is 5.82 Å². The van der Waals surface area contributed by atoms with Crippen molar-refractivity contribution in [3.8, 4) is 0 Å². The topological polar surface area (TPSA) is 67.0 Å². The number of nitrogens with zero attached hydrogens (tertiary/aromatic N) is 1. The first-order chi connectivity index (χ1) is 8.31. The van der Waals surface area contributed by atoms with Crippen molar-refractivity contribution in [1.29, 1.82) is 0 Å². The Morgan fingerprint density at radius 3 is 2.71 bits per heavy atom. The summed E-state index contributed by atoms with van der Waals surface area (Å²) in [6.45, 7) is 0. The second kappa shape index (κ2) is 5.27. The Labute approximate surface area is 98.8 Å². The van der Waals surface area contributed by atoms with Crippen LogP contribution in [0.5, 0.6) is 0 Å². The molecule has 1 atom stereocenters. The predicted octanol–water partition coefficient (Wildman–Crippen LogP) is 1.74. The molecule has 2 N–H and O–H groups in total. The van der Waals surface area contributed by atoms with E-state index in [9.17, 15) is 4.79 Å². The summed E-state index contributed by atoms with van der Waals surface area (Å²) in [7, 11) is 1.50. The normalized spacial score (nSPS) is 12.1. The summed E-state index contributed by atoms with van der Waals surface area (Å²) < 4.78 is 5.20. The summed E-state index contributed by atoms with van der Waals surface area (Å²) in [6, 6.07) is 11.0. The number of amides is 1. The second-order valence-corrected chi connectivity index (χ2v) is 3.49. The molecule has 0 saturated heterocycles. The van der Waals surface area contributed by atoms with Crippen LogP contribution >= 0.6 is 0 Å². The van der Waals surface area contributed by atoms with Crippen molar-refractivity contribution in [2.75, 3.05) is 12.4 Å². The van der Waals surface area contributed by atoms with Crippen molar-refractivity contribution in [3.63, 3.8) is 0 Å². The average molecular weight is 231 g/mol. The average Bonchev–Trinajstić information content (AvgIpc) is 2.84. The number of anilines is 1. The van der Waals surface area contributed by atoms with Crippen LogP contribution in [0.25, 0.3) is 0 Å². The fraction of sp³-hybridized carbons (Fsp3) is 0.167. The van der Waals surface area contributed by atoms with Gasteiger partial charge in [0.1, 0.15) is 5.82 Å². The van der Waals surface area contributed by atoms with Crippen molar-refractivity contribution in [2.24, 2.45) is 0 Å². The fourth-order valence-electron chi connectivity index (χ4n) is 1.55. The molecule has 0 bridgehead atoms. The van der Waals surface area contributed by atoms with E-state index in [1.165, 1.54) is 7.11 Å². The van der Waals surface area contributed by atoms with E-state index in [2.05, 4.69) is 15.5 Å². The van der Waals surface area contributed by atoms with Crippen LogP contribution in [0.1, 0.15) is 11.7 Å². The van der Waals surface area contributed by atoms with Crippen LogP contribution in [-0.2, 0) is 9.53 Å². The molecule has 2 aromatic rings. The smallest absolute Gasteiger partial charge is 0.259 e. The van der Waals surface area contributed by atoms with E-state index in [0.29, 0.717) is 5.82 Å². The number of hydrogen-bond donors (Lipinski definition) is 2. The van der Waals surface area contributed by atoms with E-state index in [0.717, 1.165) is 5.56 Å². The van der Waals surface area contributed by atoms with Crippen LogP contribution in [0.3, 0.4) is 0 Å². The minimum absolute atomic E-state index is 0.233. The van der Waals surface area contributed by atoms with E-state index in [1.807, 2.05) is 30.3 Å². The van der Waals surface area contributed by atoms with E-state index >= 15 is 0 Å². The number of ether oxygens (including phenoxy) is 1. The van der Waals surface area contributed by atoms with Gasteiger partial charge >= 0.3 is 0 Å². The molecule has 1 unspecified atom stereocenters. The van der Waals surface area contributed by atoms with E-state index < -0.39 is 6.10 Å². The number of carbonyl (C=O) groups is 1. The third-order valence-corrected chi connectivity index (χ3v) is 2.33. The number of hydrogen-bond acceptors (Lipinski definition) is 3. The largest absolute Gasteiger partial charge is 0.367 e. The number of methoxy groups -OCH3 is 1. The van der Waals surface area contributed by atoms with Gasteiger partial charge in [-0.05, 0) is 5.56 Å². The number of H-pyrrole nitrogens is 1. The molecule has 1 heterocycles. The zero-order chi connectivity index (χ0) is 12.1. The molecule has 0 aliphatic carbocycles. The molecular weight excluding hydrogens is 218 g/mol. The molecule has 0 aliphatic rings. The maximum Gasteiger partial charge on any atom is 0.259 e. The molecule has 1 aromatic heterocycles. The summed E-state index contributed by atoms with van der Waals surface area (Å²) in [5.41, 5.74) is 0.812. The van der Waals surface area contributed by atoms with Gasteiger partial charge < -0.3 is 10.1 Å². The van der Waals surface area contributed by atoms with Crippen LogP contribution in [-0.4, -0.2) is 23.2 Å². The van der Waals surface area contributed by atoms with Gasteiger partial charge in [0.15, 0.2) is 6.10 Å². The Hall–Kier alpha value is -2.14. The first-order valence-corrected chi connectivity index (χ1v) is 5.19. The Morgan fingerprint density at radius 2 is 2.12 bits per heavy atom. The summed E-state index contributed by atoms with van der Waals surface area (Å²) in [5.74, 6) is 0.316. The Kier molecular flexibility index (Phi) is 3.52. The lowest BCUT2D eigenvalue weighted by Crippen LogP contribution is -2.22. The lowest BCUT2D eigenvalue weighted by Gasteiger charge is -2.14. The highest BCUT2D eigenvalue weighted by Crippen LogP contribution is 2.17. The van der Waals surface area contributed by atoms with Crippen molar-refractivity contribution >= 4 is 11.7 Å². The highest BCUT2D eigenvalue weighted by molar-refractivity contribution is 5.94. The molecule has 0 aliphatic heterocycles. The highest BCUT2D eigenvalue weighted by Gasteiger charge is 2.19. The molecule has 0 fully saturated rings. The Balaban J connectivity index is 2.11. The predicted molar refractivity (Wildman–Crippen MR) is 63.4 cm³/mol. The molecule has 1 amide bonds. The van der Waals surface area contributed by atoms with Crippen LogP contribution in [0, 0.1) is 0 Å². The first kappa shape index (κ1) is 11.3. The van der Waals surface area contributed by atoms with E-state index in [-0.39, 0.29) is 5.91 Å². The lowest BCUT2D eigenvalue weighted by atomic mass is 10.1. The number of nitrogens with one attached hydrogen (secondary N) is 2. The Bertz CT molecular complexity index is 468. The summed E-state index contributed by atoms with van der Waals surface area (Å²) in [5, 5.41) is 9.10. The quantitative estimate of drug-likeness (QED) is 0.842. The number of carbonyl (C=O) groups excluding carboxylic acids is 1. The summed E-state index contributed by atoms with van der Waals surface area (Å²) in [6.07, 6.45) is 0.944. The van der Waals surface area contributed by atoms with Crippen LogP contribution in [0.2, 0.25) is 0 Å². The SMILES string of the molecule is COC(C(=O)Nc1ccn[nH]1)c1ccccc1. The third-order valence-electron chi connectivity index (χ3n) is 2.33. The molecule has 5 heteroatoms. The van der Waals surface area contributed by atoms with Crippen LogP contribution < -0.4 is 5.32 Å². The van der Waals surface area contributed by atoms with Gasteiger partial charge in [-0.1, -0.05) is 30.3 Å². The molecule has 2 rings (SSSR count). The van der Waals surface area contributed by atoms with Crippen molar-refractivity contribution in [2.45, 2.75) is 6.10 Å². The molecule has 1 aromatic carbocycles. The van der Waals surface area contributed by atoms with Gasteiger partial charge in [0, 0.05) is 13.2 Å². The van der Waals surface area contributed by atoms with E-state index in [1.54, 1.807) is 12.3 Å². The summed E-state index contributed by atoms with van der Waals surface area (Å²) in [4.78, 5) is 12.0. The maximum absolute atomic E-state index is 12.0. The first-order valence-electron chi connectivity index (χ1n) is 5.19. The highest BCUT2D eigenvalue weighted by atomic mass is 16.5. The lowest BCUT2D eigenvalue weighted by molar-refractivity contribution is -0.126. The van der Waals surface area contributed by atoms with Gasteiger partial charge in [-0.3, -0.25) is 9.89 Å². The van der Waals surface area contributed by atoms with Crippen molar-refractivity contribution in [1.82, 2.24) is 10.2 Å². The molecule has 0 saturated carbocycles. The van der Waals surface area contributed by atoms with Gasteiger partial charge in [-0.2, -0.15) is 5.10 Å². The minimum Gasteiger partial charge on any atom is -0.367 e. The van der Waals surface area contributed by atoms with Gasteiger partial charge in [-0.15, -0.1) is 0 Å². The van der Waals surface area contributed by atoms with Gasteiger partial charge in [0.25, 0.3) is 5.91 Å². The molecule has 17 heavy (non-hydrogen) atoms. The van der Waals surface area contributed by atoms with Crippen molar-refractivity contribution < 1.29 is 9.53 Å². The van der Waals surface area contributed by atoms with E-state index in [4.69, 9.17) is 4.74 Å². The van der Waals surface area contributed by atoms with Crippen molar-refractivity contribution in [3.05, 3.63) is 48.2 Å². The zero-order valence-electron chi connectivity index (χ0n) is 9.38. The molecule has 0 radical (unpaired) electrons. The standard InChI is InChI=1S/C12H13N3O2/c1-17-11(9-5-3-2-4-6-9)12(16)14-10-7-8-13-15-10/h2-8,11H,1H3,(H2,13,14,15,16). The zero-order valence-corrected chi connectivity index (χ0v) is 9.38. The summed E-state index contributed by atoms with van der Waals surface area (Å²) >= 11 is 0. The van der Waals surface area contributed by atoms with Gasteiger partial charge in [-0.25, -0.2) is 0 Å². The van der Waals surface area contributed by atoms with Gasteiger partial charge in [0.2, 0.25) is 0 Å². The molecule has 0 spiro atoms. The monoisotopic (exact) mass is 231 g/mol. The number of aromatic nitrogens is 2. The Morgan fingerprint density at radius 1 is 1.35 bits per heavy atom. The van der Waals surface area contributed by atoms with Crippen LogP contribution in [0.15, 0.2) is 42.6 Å². The van der Waals surface area contributed by atoms with Gasteiger partial charge in [0.05, 0.1) is 6.20 Å². The number of benzene rings is 1. The number of rotatable bonds is 4. The number of aromatic amines is 1. The molecular formula is C12H13N3O2. The molecule has 88 valence electrons. The fourth-order valence-corrected chi connectivity index (χ4v) is 1.55. The third kappa shape index (κ3) is 2.70.